The molecular formula is C24H49N3O4. The number of allylic oxidation sites excluding steroid dienone is 1. The van der Waals surface area contributed by atoms with Crippen LogP contribution in [0.5, 0.6) is 0 Å². The summed E-state index contributed by atoms with van der Waals surface area (Å²) in [6, 6.07) is 0. The van der Waals surface area contributed by atoms with Crippen LogP contribution in [0.3, 0.4) is 0 Å². The number of amides is 2. The first kappa shape index (κ1) is 31.7. The Labute approximate surface area is 190 Å². The Kier molecular flexibility index (Phi) is 25.4. The maximum absolute atomic E-state index is 12.1. The average Bonchev–Trinajstić information content (AvgIpc) is 2.74. The van der Waals surface area contributed by atoms with Gasteiger partial charge < -0.3 is 26.6 Å². The van der Waals surface area contributed by atoms with Crippen molar-refractivity contribution in [2.75, 3.05) is 19.7 Å². The summed E-state index contributed by atoms with van der Waals surface area (Å²) >= 11 is 0. The quantitative estimate of drug-likeness (QED) is 0.227. The van der Waals surface area contributed by atoms with E-state index >= 15 is 0 Å². The van der Waals surface area contributed by atoms with Crippen molar-refractivity contribution >= 4 is 11.8 Å². The molecule has 0 bridgehead atoms. The van der Waals surface area contributed by atoms with Crippen molar-refractivity contribution in [3.63, 3.8) is 0 Å². The van der Waals surface area contributed by atoms with Crippen molar-refractivity contribution in [2.24, 2.45) is 11.5 Å². The van der Waals surface area contributed by atoms with Crippen molar-refractivity contribution in [2.45, 2.75) is 110 Å². The topological polar surface area (TPSA) is 130 Å². The second-order valence-electron chi connectivity index (χ2n) is 8.08. The van der Waals surface area contributed by atoms with Gasteiger partial charge in [0.25, 0.3) is 0 Å². The smallest absolute Gasteiger partial charge is 0.227 e. The summed E-state index contributed by atoms with van der Waals surface area (Å²) in [5.41, 5.74) is 9.87. The number of hydrogen-bond acceptors (Lipinski definition) is 5. The van der Waals surface area contributed by atoms with Gasteiger partial charge in [-0.3, -0.25) is 9.59 Å². The van der Waals surface area contributed by atoms with E-state index in [1.54, 1.807) is 13.1 Å². The Morgan fingerprint density at radius 2 is 1.42 bits per heavy atom. The number of primary amides is 1. The molecule has 0 aromatic heterocycles. The van der Waals surface area contributed by atoms with Crippen LogP contribution >= 0.6 is 0 Å². The molecule has 0 saturated carbocycles. The number of unbranched alkanes of at least 4 members (excludes halogenated alkanes) is 11. The Balaban J connectivity index is 0. The van der Waals surface area contributed by atoms with Gasteiger partial charge in [-0.2, -0.15) is 0 Å². The van der Waals surface area contributed by atoms with Crippen LogP contribution in [-0.4, -0.2) is 52.7 Å². The highest BCUT2D eigenvalue weighted by molar-refractivity contribution is 5.83. The summed E-state index contributed by atoms with van der Waals surface area (Å²) in [6.45, 7) is 4.61. The van der Waals surface area contributed by atoms with Gasteiger partial charge in [0.1, 0.15) is 0 Å². The minimum atomic E-state index is -0.603. The van der Waals surface area contributed by atoms with Crippen molar-refractivity contribution in [3.05, 3.63) is 12.3 Å². The molecule has 2 amide bonds. The fourth-order valence-corrected chi connectivity index (χ4v) is 3.03. The number of nitrogens with two attached hydrogens (primary N) is 2. The number of carbonyl (C=O) groups is 2. The van der Waals surface area contributed by atoms with E-state index in [2.05, 4.69) is 6.92 Å². The molecule has 0 spiro atoms. The van der Waals surface area contributed by atoms with Gasteiger partial charge in [-0.25, -0.2) is 0 Å². The van der Waals surface area contributed by atoms with Gasteiger partial charge in [0.05, 0.1) is 19.3 Å². The third-order valence-electron chi connectivity index (χ3n) is 4.76. The van der Waals surface area contributed by atoms with Crippen LogP contribution in [-0.2, 0) is 9.59 Å². The summed E-state index contributed by atoms with van der Waals surface area (Å²) < 4.78 is 0. The standard InChI is InChI=1S/C22H42N2O3.C2H7NO/c1-3-4-5-6-7-8-9-10-11-12-13-14-15-18-24(19-20(2)25)22(27)17-16-21(23)26;3-1-2-4/h15,18,20,25H,3-14,16-17,19H2,1-2H3,(H2,23,26);4H,1-3H2. The fourth-order valence-electron chi connectivity index (χ4n) is 3.03. The average molecular weight is 444 g/mol. The normalized spacial score (nSPS) is 11.8. The second-order valence-corrected chi connectivity index (χ2v) is 8.08. The van der Waals surface area contributed by atoms with Gasteiger partial charge in [0.15, 0.2) is 0 Å². The molecule has 0 radical (unpaired) electrons. The molecule has 1 atom stereocenters. The van der Waals surface area contributed by atoms with E-state index in [0.717, 1.165) is 12.8 Å². The molecule has 6 N–H and O–H groups in total. The minimum absolute atomic E-state index is 0.0432. The van der Waals surface area contributed by atoms with E-state index in [4.69, 9.17) is 16.6 Å². The maximum atomic E-state index is 12.1. The zero-order chi connectivity index (χ0) is 23.7. The molecule has 31 heavy (non-hydrogen) atoms. The van der Waals surface area contributed by atoms with Crippen LogP contribution in [0.25, 0.3) is 0 Å². The first-order valence-electron chi connectivity index (χ1n) is 12.1. The SMILES string of the molecule is CCCCCCCCCCCCCC=CN(CC(C)O)C(=O)CCC(N)=O.NCCO. The lowest BCUT2D eigenvalue weighted by molar-refractivity contribution is -0.131. The first-order chi connectivity index (χ1) is 14.9. The van der Waals surface area contributed by atoms with E-state index in [1.165, 1.54) is 69.1 Å². The van der Waals surface area contributed by atoms with Crippen LogP contribution in [0.1, 0.15) is 104 Å². The van der Waals surface area contributed by atoms with Crippen LogP contribution in [0.2, 0.25) is 0 Å². The van der Waals surface area contributed by atoms with Gasteiger partial charge in [-0.15, -0.1) is 0 Å². The molecule has 0 saturated heterocycles. The summed E-state index contributed by atoms with van der Waals surface area (Å²) in [6.07, 6.45) is 18.7. The van der Waals surface area contributed by atoms with Gasteiger partial charge >= 0.3 is 0 Å². The highest BCUT2D eigenvalue weighted by Gasteiger charge is 2.13. The number of carbonyl (C=O) groups excluding carboxylic acids is 2. The number of aliphatic hydroxyl groups is 2. The largest absolute Gasteiger partial charge is 0.395 e. The third-order valence-corrected chi connectivity index (χ3v) is 4.76. The number of hydrogen-bond donors (Lipinski definition) is 4. The van der Waals surface area contributed by atoms with Crippen LogP contribution in [0, 0.1) is 0 Å². The summed E-state index contributed by atoms with van der Waals surface area (Å²) in [7, 11) is 0. The van der Waals surface area contributed by atoms with Crippen molar-refractivity contribution in [1.29, 1.82) is 0 Å². The molecule has 7 nitrogen and oxygen atoms in total. The maximum Gasteiger partial charge on any atom is 0.227 e. The second kappa shape index (κ2) is 24.8. The molecule has 0 aromatic carbocycles. The van der Waals surface area contributed by atoms with E-state index < -0.39 is 12.0 Å². The Bertz CT molecular complexity index is 441. The fraction of sp³-hybridized carbons (Fsp3) is 0.833. The molecule has 1 unspecified atom stereocenters. The molecule has 0 rings (SSSR count). The van der Waals surface area contributed by atoms with Gasteiger partial charge in [0.2, 0.25) is 11.8 Å². The molecule has 7 heteroatoms. The van der Waals surface area contributed by atoms with Crippen molar-refractivity contribution in [1.82, 2.24) is 4.90 Å². The molecule has 0 aliphatic heterocycles. The Morgan fingerprint density at radius 3 is 1.84 bits per heavy atom. The highest BCUT2D eigenvalue weighted by atomic mass is 16.3. The molecule has 0 fully saturated rings. The lowest BCUT2D eigenvalue weighted by atomic mass is 10.1. The summed E-state index contributed by atoms with van der Waals surface area (Å²) in [5.74, 6) is -0.657. The van der Waals surface area contributed by atoms with Gasteiger partial charge in [-0.1, -0.05) is 77.2 Å². The molecule has 0 heterocycles. The molecule has 0 aromatic rings. The predicted octanol–water partition coefficient (Wildman–Crippen LogP) is 3.61. The molecular weight excluding hydrogens is 394 g/mol. The first-order valence-corrected chi connectivity index (χ1v) is 12.1. The van der Waals surface area contributed by atoms with Gasteiger partial charge in [-0.05, 0) is 19.8 Å². The van der Waals surface area contributed by atoms with E-state index in [1.807, 2.05) is 6.08 Å². The van der Waals surface area contributed by atoms with E-state index in [0.29, 0.717) is 6.54 Å². The minimum Gasteiger partial charge on any atom is -0.395 e. The molecule has 0 aliphatic rings. The van der Waals surface area contributed by atoms with Crippen LogP contribution in [0.4, 0.5) is 0 Å². The lowest BCUT2D eigenvalue weighted by Crippen LogP contribution is -2.32. The number of aliphatic hydroxyl groups excluding tert-OH is 2. The predicted molar refractivity (Wildman–Crippen MR) is 128 cm³/mol. The lowest BCUT2D eigenvalue weighted by Gasteiger charge is -2.20. The van der Waals surface area contributed by atoms with Gasteiger partial charge in [0, 0.05) is 25.6 Å². The number of nitrogens with zero attached hydrogens (tertiary/aromatic N) is 1. The molecule has 184 valence electrons. The zero-order valence-electron chi connectivity index (χ0n) is 20.1. The van der Waals surface area contributed by atoms with Crippen molar-refractivity contribution < 1.29 is 19.8 Å². The zero-order valence-corrected chi connectivity index (χ0v) is 20.1. The highest BCUT2D eigenvalue weighted by Crippen LogP contribution is 2.12. The Morgan fingerprint density at radius 1 is 0.935 bits per heavy atom. The summed E-state index contributed by atoms with van der Waals surface area (Å²) in [5, 5.41) is 17.3. The summed E-state index contributed by atoms with van der Waals surface area (Å²) in [4.78, 5) is 24.4. The monoisotopic (exact) mass is 443 g/mol. The number of rotatable bonds is 19. The van der Waals surface area contributed by atoms with Crippen LogP contribution in [0.15, 0.2) is 12.3 Å². The van der Waals surface area contributed by atoms with E-state index in [-0.39, 0.29) is 31.9 Å². The van der Waals surface area contributed by atoms with Crippen molar-refractivity contribution in [3.8, 4) is 0 Å². The van der Waals surface area contributed by atoms with Crippen LogP contribution < -0.4 is 11.5 Å². The third kappa shape index (κ3) is 26.5. The van der Waals surface area contributed by atoms with E-state index in [9.17, 15) is 14.7 Å². The Hall–Kier alpha value is -1.44. The molecule has 0 aliphatic carbocycles.